The van der Waals surface area contributed by atoms with E-state index in [1.54, 1.807) is 0 Å². The minimum absolute atomic E-state index is 0.143. The van der Waals surface area contributed by atoms with Crippen molar-refractivity contribution in [1.82, 2.24) is 0 Å². The van der Waals surface area contributed by atoms with E-state index in [0.717, 1.165) is 49.1 Å². The Hall–Kier alpha value is -4.30. The number of nitrogens with zero attached hydrogens (tertiary/aromatic N) is 1. The largest absolute Gasteiger partial charge is 0.466 e. The molecule has 0 fully saturated rings. The van der Waals surface area contributed by atoms with E-state index in [9.17, 15) is 9.59 Å². The van der Waals surface area contributed by atoms with Crippen LogP contribution in [0.3, 0.4) is 0 Å². The Morgan fingerprint density at radius 1 is 0.949 bits per heavy atom. The van der Waals surface area contributed by atoms with Crippen LogP contribution < -0.4 is 4.90 Å². The van der Waals surface area contributed by atoms with Crippen LogP contribution in [0, 0.1) is 0 Å². The van der Waals surface area contributed by atoms with Gasteiger partial charge in [0.1, 0.15) is 0 Å². The molecule has 200 valence electrons. The lowest BCUT2D eigenvalue weighted by Gasteiger charge is -2.30. The first-order valence-corrected chi connectivity index (χ1v) is 13.6. The average molecular weight is 522 g/mol. The molecule has 2 aromatic rings. The number of hydrogen-bond acceptors (Lipinski definition) is 5. The summed E-state index contributed by atoms with van der Waals surface area (Å²) < 4.78 is 10.3. The highest BCUT2D eigenvalue weighted by molar-refractivity contribution is 5.96. The molecule has 2 aliphatic rings. The maximum absolute atomic E-state index is 11.4. The van der Waals surface area contributed by atoms with Gasteiger partial charge in [-0.1, -0.05) is 67.3 Å². The van der Waals surface area contributed by atoms with Crippen LogP contribution in [-0.2, 0) is 19.1 Å². The second-order valence-electron chi connectivity index (χ2n) is 9.46. The van der Waals surface area contributed by atoms with Gasteiger partial charge in [-0.15, -0.1) is 0 Å². The molecule has 5 heteroatoms. The highest BCUT2D eigenvalue weighted by Gasteiger charge is 2.20. The summed E-state index contributed by atoms with van der Waals surface area (Å²) in [5.74, 6) is -0.541. The summed E-state index contributed by atoms with van der Waals surface area (Å²) in [6.07, 6.45) is 15.2. The second kappa shape index (κ2) is 14.0. The molecule has 0 amide bonds. The van der Waals surface area contributed by atoms with E-state index in [-0.39, 0.29) is 5.97 Å². The molecule has 0 heterocycles. The molecular formula is C34H35NO4. The van der Waals surface area contributed by atoms with Crippen LogP contribution in [-0.4, -0.2) is 25.2 Å². The quantitative estimate of drug-likeness (QED) is 0.117. The van der Waals surface area contributed by atoms with Crippen LogP contribution >= 0.6 is 0 Å². The summed E-state index contributed by atoms with van der Waals surface area (Å²) in [7, 11) is 0. The molecule has 5 nitrogen and oxygen atoms in total. The summed E-state index contributed by atoms with van der Waals surface area (Å²) in [5, 5.41) is 2.36. The van der Waals surface area contributed by atoms with Crippen molar-refractivity contribution >= 4 is 28.4 Å². The third kappa shape index (κ3) is 7.61. The van der Waals surface area contributed by atoms with Gasteiger partial charge in [-0.25, -0.2) is 4.79 Å². The topological polar surface area (TPSA) is 55.8 Å². The summed E-state index contributed by atoms with van der Waals surface area (Å²) >= 11 is 0. The molecule has 0 bridgehead atoms. The number of allylic oxidation sites excluding steroid dienone is 7. The Kier molecular flexibility index (Phi) is 9.97. The zero-order valence-corrected chi connectivity index (χ0v) is 22.6. The Morgan fingerprint density at radius 3 is 2.49 bits per heavy atom. The van der Waals surface area contributed by atoms with Gasteiger partial charge in [0.25, 0.3) is 0 Å². The number of fused-ring (bicyclic) bond motifs is 1. The first kappa shape index (κ1) is 27.7. The van der Waals surface area contributed by atoms with Gasteiger partial charge in [0.15, 0.2) is 0 Å². The summed E-state index contributed by atoms with van der Waals surface area (Å²) in [5.41, 5.74) is 12.3. The van der Waals surface area contributed by atoms with Crippen LogP contribution in [0.1, 0.15) is 51.9 Å². The Balaban J connectivity index is 1.58. The Labute approximate surface area is 230 Å². The highest BCUT2D eigenvalue weighted by Crippen LogP contribution is 2.36. The molecule has 4 rings (SSSR count). The normalized spacial score (nSPS) is 14.2. The minimum atomic E-state index is -0.399. The maximum atomic E-state index is 11.4. The number of ether oxygens (including phenoxy) is 2. The third-order valence-corrected chi connectivity index (χ3v) is 6.74. The van der Waals surface area contributed by atoms with Crippen LogP contribution in [0.25, 0.3) is 10.8 Å². The fourth-order valence-electron chi connectivity index (χ4n) is 4.67. The van der Waals surface area contributed by atoms with Crippen LogP contribution in [0.2, 0.25) is 0 Å². The number of carbonyl (C=O) groups excluding carboxylic acids is 2. The first-order valence-electron chi connectivity index (χ1n) is 13.6. The molecule has 0 aromatic heterocycles. The molecule has 0 unspecified atom stereocenters. The monoisotopic (exact) mass is 521 g/mol. The maximum Gasteiger partial charge on any atom is 0.330 e. The number of anilines is 1. The average Bonchev–Trinajstić information content (AvgIpc) is 2.99. The standard InChI is InChI=1S/C34H35NO4/c1-3-33(36)38-24-8-10-26-16-20-29(21-17-26)35(32-15-7-13-28-12-5-6-14-31(28)32)30-22-18-27(19-23-30)11-9-25-39-34(37)4-2/h3,5-7,12-16,18,20,22H,1,4,8-11,19,23-25H2,2H3. The molecule has 39 heavy (non-hydrogen) atoms. The van der Waals surface area contributed by atoms with E-state index >= 15 is 0 Å². The van der Waals surface area contributed by atoms with Crippen LogP contribution in [0.4, 0.5) is 5.69 Å². The molecule has 0 spiro atoms. The van der Waals surface area contributed by atoms with Gasteiger partial charge in [-0.05, 0) is 73.9 Å². The zero-order valence-electron chi connectivity index (χ0n) is 22.6. The summed E-state index contributed by atoms with van der Waals surface area (Å²) in [4.78, 5) is 24.9. The van der Waals surface area contributed by atoms with Gasteiger partial charge in [-0.3, -0.25) is 4.79 Å². The number of esters is 2. The van der Waals surface area contributed by atoms with Gasteiger partial charge in [0.05, 0.1) is 24.6 Å². The third-order valence-electron chi connectivity index (χ3n) is 6.74. The van der Waals surface area contributed by atoms with Gasteiger partial charge < -0.3 is 14.4 Å². The van der Waals surface area contributed by atoms with Crippen molar-refractivity contribution in [1.29, 1.82) is 0 Å². The Morgan fingerprint density at radius 2 is 1.74 bits per heavy atom. The van der Waals surface area contributed by atoms with Crippen molar-refractivity contribution in [2.45, 2.75) is 51.9 Å². The second-order valence-corrected chi connectivity index (χ2v) is 9.46. The SMILES string of the molecule is C=CC(=O)OCCCC1=C=C=C(N(C2=CC=C(CCCOC(=O)CC)CC2)c2cccc3ccccc23)C=C1. The van der Waals surface area contributed by atoms with Crippen molar-refractivity contribution in [2.75, 3.05) is 18.1 Å². The smallest absolute Gasteiger partial charge is 0.330 e. The van der Waals surface area contributed by atoms with Gasteiger partial charge in [0, 0.05) is 29.2 Å². The number of carbonyl (C=O) groups is 2. The predicted molar refractivity (Wildman–Crippen MR) is 156 cm³/mol. The van der Waals surface area contributed by atoms with Crippen molar-refractivity contribution < 1.29 is 19.1 Å². The van der Waals surface area contributed by atoms with E-state index in [4.69, 9.17) is 9.47 Å². The molecule has 0 saturated carbocycles. The lowest BCUT2D eigenvalue weighted by Crippen LogP contribution is -2.22. The molecule has 0 atom stereocenters. The predicted octanol–water partition coefficient (Wildman–Crippen LogP) is 7.63. The summed E-state index contributed by atoms with van der Waals surface area (Å²) in [6, 6.07) is 14.8. The van der Waals surface area contributed by atoms with E-state index in [1.165, 1.54) is 28.1 Å². The van der Waals surface area contributed by atoms with E-state index in [2.05, 4.69) is 89.7 Å². The minimum Gasteiger partial charge on any atom is -0.466 e. The van der Waals surface area contributed by atoms with Crippen LogP contribution in [0.5, 0.6) is 0 Å². The molecule has 0 N–H and O–H groups in total. The number of benzene rings is 2. The van der Waals surface area contributed by atoms with Gasteiger partial charge in [0.2, 0.25) is 0 Å². The molecule has 0 aliphatic heterocycles. The molecule has 2 aromatic carbocycles. The van der Waals surface area contributed by atoms with E-state index < -0.39 is 5.97 Å². The molecular weight excluding hydrogens is 486 g/mol. The fourth-order valence-corrected chi connectivity index (χ4v) is 4.67. The molecule has 0 radical (unpaired) electrons. The van der Waals surface area contributed by atoms with E-state index in [0.29, 0.717) is 26.1 Å². The first-order chi connectivity index (χ1) is 19.1. The van der Waals surface area contributed by atoms with Crippen molar-refractivity contribution in [3.63, 3.8) is 0 Å². The zero-order chi connectivity index (χ0) is 27.5. The number of rotatable bonds is 13. The lowest BCUT2D eigenvalue weighted by atomic mass is 9.96. The van der Waals surface area contributed by atoms with E-state index in [1.807, 2.05) is 6.92 Å². The van der Waals surface area contributed by atoms with Crippen LogP contribution in [0.15, 0.2) is 113 Å². The highest BCUT2D eigenvalue weighted by atomic mass is 16.5. The van der Waals surface area contributed by atoms with Gasteiger partial charge in [-0.2, -0.15) is 0 Å². The lowest BCUT2D eigenvalue weighted by molar-refractivity contribution is -0.143. The molecule has 2 aliphatic carbocycles. The van der Waals surface area contributed by atoms with Crippen molar-refractivity contribution in [3.05, 3.63) is 113 Å². The molecule has 0 saturated heterocycles. The van der Waals surface area contributed by atoms with Crippen molar-refractivity contribution in [3.8, 4) is 0 Å². The Bertz CT molecular complexity index is 1420. The number of hydrogen-bond donors (Lipinski definition) is 0. The summed E-state index contributed by atoms with van der Waals surface area (Å²) in [6.45, 7) is 6.05. The van der Waals surface area contributed by atoms with Gasteiger partial charge >= 0.3 is 11.9 Å². The van der Waals surface area contributed by atoms with Crippen molar-refractivity contribution in [2.24, 2.45) is 0 Å². The fraction of sp³-hybridized carbons (Fsp3) is 0.294.